The molecule has 23 heavy (non-hydrogen) atoms. The third kappa shape index (κ3) is 4.54. The van der Waals surface area contributed by atoms with Crippen molar-refractivity contribution < 1.29 is 19.4 Å². The number of carboxylic acids is 1. The SMILES string of the molecule is CCc1ccc(C=C(COc2ccccc2C=O)C(=O)O)cc1. The number of para-hydroxylation sites is 1. The summed E-state index contributed by atoms with van der Waals surface area (Å²) in [6.07, 6.45) is 3.19. The van der Waals surface area contributed by atoms with Gasteiger partial charge >= 0.3 is 5.97 Å². The molecule has 0 aliphatic heterocycles. The molecule has 0 aliphatic carbocycles. The van der Waals surface area contributed by atoms with Crippen LogP contribution >= 0.6 is 0 Å². The highest BCUT2D eigenvalue weighted by Gasteiger charge is 2.10. The van der Waals surface area contributed by atoms with Gasteiger partial charge in [0.05, 0.1) is 11.1 Å². The van der Waals surface area contributed by atoms with E-state index in [1.165, 1.54) is 5.56 Å². The summed E-state index contributed by atoms with van der Waals surface area (Å²) in [5.41, 5.74) is 2.50. The number of ether oxygens (including phenoxy) is 1. The lowest BCUT2D eigenvalue weighted by molar-refractivity contribution is -0.132. The summed E-state index contributed by atoms with van der Waals surface area (Å²) in [6, 6.07) is 14.4. The van der Waals surface area contributed by atoms with Crippen molar-refractivity contribution in [2.24, 2.45) is 0 Å². The number of benzene rings is 2. The maximum atomic E-state index is 11.4. The highest BCUT2D eigenvalue weighted by Crippen LogP contribution is 2.17. The lowest BCUT2D eigenvalue weighted by Crippen LogP contribution is -2.11. The van der Waals surface area contributed by atoms with Crippen LogP contribution in [0.15, 0.2) is 54.1 Å². The second-order valence-corrected chi connectivity index (χ2v) is 5.01. The molecule has 2 rings (SSSR count). The van der Waals surface area contributed by atoms with E-state index in [2.05, 4.69) is 6.92 Å². The Morgan fingerprint density at radius 3 is 2.43 bits per heavy atom. The quantitative estimate of drug-likeness (QED) is 0.627. The number of hydrogen-bond donors (Lipinski definition) is 1. The second-order valence-electron chi connectivity index (χ2n) is 5.01. The van der Waals surface area contributed by atoms with E-state index < -0.39 is 5.97 Å². The molecule has 0 heterocycles. The van der Waals surface area contributed by atoms with Gasteiger partial charge in [-0.15, -0.1) is 0 Å². The van der Waals surface area contributed by atoms with Crippen LogP contribution < -0.4 is 4.74 Å². The van der Waals surface area contributed by atoms with Gasteiger partial charge in [-0.25, -0.2) is 4.79 Å². The number of rotatable bonds is 7. The molecule has 4 heteroatoms. The molecule has 0 aromatic heterocycles. The Hall–Kier alpha value is -2.88. The third-order valence-electron chi connectivity index (χ3n) is 3.43. The van der Waals surface area contributed by atoms with Crippen molar-refractivity contribution in [2.75, 3.05) is 6.61 Å². The number of carboxylic acid groups (broad SMARTS) is 1. The van der Waals surface area contributed by atoms with Crippen LogP contribution in [0.5, 0.6) is 5.75 Å². The minimum absolute atomic E-state index is 0.115. The Bertz CT molecular complexity index is 714. The Labute approximate surface area is 135 Å². The van der Waals surface area contributed by atoms with E-state index in [4.69, 9.17) is 4.74 Å². The van der Waals surface area contributed by atoms with E-state index in [1.807, 2.05) is 24.3 Å². The average Bonchev–Trinajstić information content (AvgIpc) is 2.59. The molecule has 2 aromatic carbocycles. The van der Waals surface area contributed by atoms with Crippen molar-refractivity contribution in [1.82, 2.24) is 0 Å². The summed E-state index contributed by atoms with van der Waals surface area (Å²) in [5.74, 6) is -0.677. The molecular weight excluding hydrogens is 292 g/mol. The van der Waals surface area contributed by atoms with E-state index >= 15 is 0 Å². The minimum atomic E-state index is -1.05. The van der Waals surface area contributed by atoms with E-state index in [9.17, 15) is 14.7 Å². The summed E-state index contributed by atoms with van der Waals surface area (Å²) in [7, 11) is 0. The largest absolute Gasteiger partial charge is 0.488 e. The minimum Gasteiger partial charge on any atom is -0.488 e. The Kier molecular flexibility index (Phi) is 5.69. The molecule has 4 nitrogen and oxygen atoms in total. The van der Waals surface area contributed by atoms with Crippen molar-refractivity contribution in [1.29, 1.82) is 0 Å². The molecule has 118 valence electrons. The summed E-state index contributed by atoms with van der Waals surface area (Å²) in [6.45, 7) is 1.95. The zero-order chi connectivity index (χ0) is 16.7. The first-order chi connectivity index (χ1) is 11.1. The molecule has 0 bridgehead atoms. The second kappa shape index (κ2) is 7.94. The maximum Gasteiger partial charge on any atom is 0.335 e. The van der Waals surface area contributed by atoms with Crippen LogP contribution in [0.1, 0.15) is 28.4 Å². The normalized spacial score (nSPS) is 11.1. The van der Waals surface area contributed by atoms with Gasteiger partial charge in [-0.2, -0.15) is 0 Å². The van der Waals surface area contributed by atoms with E-state index in [-0.39, 0.29) is 12.2 Å². The zero-order valence-corrected chi connectivity index (χ0v) is 12.9. The standard InChI is InChI=1S/C19H18O4/c1-2-14-7-9-15(10-8-14)11-17(19(21)22)13-23-18-6-4-3-5-16(18)12-20/h3-12H,2,13H2,1H3,(H,21,22). The molecule has 0 saturated carbocycles. The van der Waals surface area contributed by atoms with Crippen LogP contribution in [0.4, 0.5) is 0 Å². The maximum absolute atomic E-state index is 11.4. The first-order valence-corrected chi connectivity index (χ1v) is 7.34. The van der Waals surface area contributed by atoms with Crippen LogP contribution in [0, 0.1) is 0 Å². The van der Waals surface area contributed by atoms with Gasteiger partial charge in [0, 0.05) is 0 Å². The van der Waals surface area contributed by atoms with Gasteiger partial charge in [-0.3, -0.25) is 4.79 Å². The monoisotopic (exact) mass is 310 g/mol. The van der Waals surface area contributed by atoms with Crippen molar-refractivity contribution in [3.8, 4) is 5.75 Å². The van der Waals surface area contributed by atoms with Gasteiger partial charge in [-0.05, 0) is 35.8 Å². The van der Waals surface area contributed by atoms with Crippen LogP contribution in [0.2, 0.25) is 0 Å². The number of aryl methyl sites for hydroxylation is 1. The van der Waals surface area contributed by atoms with Gasteiger partial charge < -0.3 is 9.84 Å². The number of hydrogen-bond acceptors (Lipinski definition) is 3. The fourth-order valence-corrected chi connectivity index (χ4v) is 2.08. The Balaban J connectivity index is 2.16. The van der Waals surface area contributed by atoms with E-state index in [0.717, 1.165) is 12.0 Å². The molecule has 0 fully saturated rings. The lowest BCUT2D eigenvalue weighted by atomic mass is 10.1. The molecule has 2 aromatic rings. The summed E-state index contributed by atoms with van der Waals surface area (Å²) in [4.78, 5) is 22.3. The smallest absolute Gasteiger partial charge is 0.335 e. The van der Waals surface area contributed by atoms with Gasteiger partial charge in [0.2, 0.25) is 0 Å². The van der Waals surface area contributed by atoms with Crippen molar-refractivity contribution in [2.45, 2.75) is 13.3 Å². The topological polar surface area (TPSA) is 63.6 Å². The number of aldehydes is 1. The Morgan fingerprint density at radius 1 is 1.13 bits per heavy atom. The highest BCUT2D eigenvalue weighted by atomic mass is 16.5. The van der Waals surface area contributed by atoms with Gasteiger partial charge in [-0.1, -0.05) is 43.3 Å². The molecule has 0 atom stereocenters. The van der Waals surface area contributed by atoms with Crippen LogP contribution in [0.25, 0.3) is 6.08 Å². The average molecular weight is 310 g/mol. The van der Waals surface area contributed by atoms with Crippen molar-refractivity contribution >= 4 is 18.3 Å². The van der Waals surface area contributed by atoms with E-state index in [0.29, 0.717) is 17.6 Å². The molecule has 0 spiro atoms. The summed E-state index contributed by atoms with van der Waals surface area (Å²) in [5, 5.41) is 9.32. The molecule has 0 unspecified atom stereocenters. The fourth-order valence-electron chi connectivity index (χ4n) is 2.08. The number of aliphatic carboxylic acids is 1. The molecule has 0 radical (unpaired) electrons. The fraction of sp³-hybridized carbons (Fsp3) is 0.158. The Morgan fingerprint density at radius 2 is 1.83 bits per heavy atom. The van der Waals surface area contributed by atoms with E-state index in [1.54, 1.807) is 30.3 Å². The first kappa shape index (κ1) is 16.5. The zero-order valence-electron chi connectivity index (χ0n) is 12.9. The summed E-state index contributed by atoms with van der Waals surface area (Å²) < 4.78 is 5.49. The predicted molar refractivity (Wildman–Crippen MR) is 88.8 cm³/mol. The van der Waals surface area contributed by atoms with Gasteiger partial charge in [0.15, 0.2) is 6.29 Å². The molecule has 0 saturated heterocycles. The third-order valence-corrected chi connectivity index (χ3v) is 3.43. The van der Waals surface area contributed by atoms with Crippen LogP contribution in [0.3, 0.4) is 0 Å². The number of carbonyl (C=O) groups is 2. The predicted octanol–water partition coefficient (Wildman–Crippen LogP) is 3.61. The molecule has 1 N–H and O–H groups in total. The number of carbonyl (C=O) groups excluding carboxylic acids is 1. The molecule has 0 aliphatic rings. The van der Waals surface area contributed by atoms with Gasteiger partial charge in [0.1, 0.15) is 12.4 Å². The highest BCUT2D eigenvalue weighted by molar-refractivity contribution is 5.92. The van der Waals surface area contributed by atoms with Crippen LogP contribution in [-0.2, 0) is 11.2 Å². The van der Waals surface area contributed by atoms with Crippen molar-refractivity contribution in [3.05, 3.63) is 70.8 Å². The lowest BCUT2D eigenvalue weighted by Gasteiger charge is -2.09. The molecule has 0 amide bonds. The van der Waals surface area contributed by atoms with Crippen molar-refractivity contribution in [3.63, 3.8) is 0 Å². The van der Waals surface area contributed by atoms with Crippen LogP contribution in [-0.4, -0.2) is 24.0 Å². The molecular formula is C19H18O4. The summed E-state index contributed by atoms with van der Waals surface area (Å²) >= 11 is 0. The van der Waals surface area contributed by atoms with Gasteiger partial charge in [0.25, 0.3) is 0 Å². The first-order valence-electron chi connectivity index (χ1n) is 7.34.